The maximum atomic E-state index is 9.67. The second kappa shape index (κ2) is 4.93. The van der Waals surface area contributed by atoms with Crippen LogP contribution in [-0.2, 0) is 6.54 Å². The SMILES string of the molecule is Cc1cc(NCc2ccc3cc[nH]c3c2)c(C)cc1O. The second-order valence-corrected chi connectivity index (χ2v) is 5.21. The summed E-state index contributed by atoms with van der Waals surface area (Å²) in [6.07, 6.45) is 1.95. The Hall–Kier alpha value is -2.42. The normalized spacial score (nSPS) is 10.9. The Bertz CT molecular complexity index is 759. The first-order valence-corrected chi connectivity index (χ1v) is 6.73. The number of aryl methyl sites for hydroxylation is 2. The van der Waals surface area contributed by atoms with Gasteiger partial charge in [-0.15, -0.1) is 0 Å². The van der Waals surface area contributed by atoms with Crippen LogP contribution in [0.1, 0.15) is 16.7 Å². The molecule has 0 saturated carbocycles. The molecule has 3 rings (SSSR count). The highest BCUT2D eigenvalue weighted by atomic mass is 16.3. The number of phenolic OH excluding ortho intramolecular Hbond substituents is 1. The summed E-state index contributed by atoms with van der Waals surface area (Å²) in [6, 6.07) is 12.3. The van der Waals surface area contributed by atoms with Crippen LogP contribution in [0.3, 0.4) is 0 Å². The minimum atomic E-state index is 0.348. The van der Waals surface area contributed by atoms with Crippen LogP contribution in [0.15, 0.2) is 42.6 Å². The zero-order valence-electron chi connectivity index (χ0n) is 11.7. The van der Waals surface area contributed by atoms with Crippen molar-refractivity contribution in [1.29, 1.82) is 0 Å². The summed E-state index contributed by atoms with van der Waals surface area (Å²) in [5.41, 5.74) is 5.38. The highest BCUT2D eigenvalue weighted by Crippen LogP contribution is 2.25. The van der Waals surface area contributed by atoms with E-state index >= 15 is 0 Å². The van der Waals surface area contributed by atoms with E-state index in [1.807, 2.05) is 26.1 Å². The van der Waals surface area contributed by atoms with Crippen LogP contribution in [-0.4, -0.2) is 10.1 Å². The molecule has 3 aromatic rings. The molecule has 3 N–H and O–H groups in total. The Morgan fingerprint density at radius 1 is 1.05 bits per heavy atom. The van der Waals surface area contributed by atoms with Crippen LogP contribution in [0.25, 0.3) is 10.9 Å². The predicted octanol–water partition coefficient (Wildman–Crippen LogP) is 4.10. The van der Waals surface area contributed by atoms with Gasteiger partial charge in [-0.3, -0.25) is 0 Å². The zero-order valence-corrected chi connectivity index (χ0v) is 11.7. The zero-order chi connectivity index (χ0) is 14.1. The van der Waals surface area contributed by atoms with Crippen molar-refractivity contribution in [2.24, 2.45) is 0 Å². The van der Waals surface area contributed by atoms with Crippen molar-refractivity contribution in [2.45, 2.75) is 20.4 Å². The van der Waals surface area contributed by atoms with Gasteiger partial charge in [0, 0.05) is 23.9 Å². The van der Waals surface area contributed by atoms with Gasteiger partial charge in [-0.2, -0.15) is 0 Å². The number of benzene rings is 2. The summed E-state index contributed by atoms with van der Waals surface area (Å²) in [5, 5.41) is 14.3. The fourth-order valence-corrected chi connectivity index (χ4v) is 2.39. The third kappa shape index (κ3) is 2.35. The topological polar surface area (TPSA) is 48.0 Å². The van der Waals surface area contributed by atoms with E-state index in [-0.39, 0.29) is 0 Å². The number of rotatable bonds is 3. The molecule has 2 aromatic carbocycles. The molecule has 0 aliphatic carbocycles. The van der Waals surface area contributed by atoms with Gasteiger partial charge in [0.05, 0.1) is 0 Å². The van der Waals surface area contributed by atoms with Gasteiger partial charge >= 0.3 is 0 Å². The first kappa shape index (κ1) is 12.6. The van der Waals surface area contributed by atoms with E-state index in [1.54, 1.807) is 6.07 Å². The monoisotopic (exact) mass is 266 g/mol. The van der Waals surface area contributed by atoms with Gasteiger partial charge in [0.15, 0.2) is 0 Å². The summed E-state index contributed by atoms with van der Waals surface area (Å²) < 4.78 is 0. The van der Waals surface area contributed by atoms with E-state index in [2.05, 4.69) is 34.6 Å². The molecule has 3 nitrogen and oxygen atoms in total. The number of aromatic hydroxyl groups is 1. The summed E-state index contributed by atoms with van der Waals surface area (Å²) in [7, 11) is 0. The van der Waals surface area contributed by atoms with E-state index in [0.717, 1.165) is 28.9 Å². The van der Waals surface area contributed by atoms with Crippen LogP contribution in [0.2, 0.25) is 0 Å². The van der Waals surface area contributed by atoms with Crippen molar-refractivity contribution in [2.75, 3.05) is 5.32 Å². The largest absolute Gasteiger partial charge is 0.508 e. The van der Waals surface area contributed by atoms with Crippen molar-refractivity contribution in [1.82, 2.24) is 4.98 Å². The summed E-state index contributed by atoms with van der Waals surface area (Å²) in [6.45, 7) is 4.67. The first-order valence-electron chi connectivity index (χ1n) is 6.73. The first-order chi connectivity index (χ1) is 9.63. The smallest absolute Gasteiger partial charge is 0.118 e. The number of hydrogen-bond acceptors (Lipinski definition) is 2. The molecule has 102 valence electrons. The van der Waals surface area contributed by atoms with Gasteiger partial charge in [0.25, 0.3) is 0 Å². The standard InChI is InChI=1S/C17H18N2O/c1-11-8-17(20)12(2)7-15(11)19-10-13-3-4-14-5-6-18-16(14)9-13/h3-9,18-20H,10H2,1-2H3. The molecule has 0 unspecified atom stereocenters. The average Bonchev–Trinajstić information content (AvgIpc) is 2.89. The second-order valence-electron chi connectivity index (χ2n) is 5.21. The van der Waals surface area contributed by atoms with Crippen molar-refractivity contribution < 1.29 is 5.11 Å². The lowest BCUT2D eigenvalue weighted by molar-refractivity contribution is 0.471. The lowest BCUT2D eigenvalue weighted by Crippen LogP contribution is -2.01. The molecule has 0 bridgehead atoms. The molecule has 20 heavy (non-hydrogen) atoms. The minimum absolute atomic E-state index is 0.348. The van der Waals surface area contributed by atoms with Crippen LogP contribution in [0.4, 0.5) is 5.69 Å². The van der Waals surface area contributed by atoms with E-state index in [0.29, 0.717) is 5.75 Å². The van der Waals surface area contributed by atoms with Gasteiger partial charge in [-0.25, -0.2) is 0 Å². The molecule has 0 aliphatic rings. The lowest BCUT2D eigenvalue weighted by atomic mass is 10.1. The Morgan fingerprint density at radius 3 is 2.75 bits per heavy atom. The number of hydrogen-bond donors (Lipinski definition) is 3. The summed E-state index contributed by atoms with van der Waals surface area (Å²) in [5.74, 6) is 0.348. The Labute approximate surface area is 118 Å². The predicted molar refractivity (Wildman–Crippen MR) is 83.2 cm³/mol. The highest BCUT2D eigenvalue weighted by molar-refractivity contribution is 5.79. The van der Waals surface area contributed by atoms with E-state index < -0.39 is 0 Å². The summed E-state index contributed by atoms with van der Waals surface area (Å²) in [4.78, 5) is 3.23. The fraction of sp³-hybridized carbons (Fsp3) is 0.176. The molecule has 1 aromatic heterocycles. The van der Waals surface area contributed by atoms with Crippen molar-refractivity contribution >= 4 is 16.6 Å². The van der Waals surface area contributed by atoms with Gasteiger partial charge in [0.1, 0.15) is 5.75 Å². The maximum Gasteiger partial charge on any atom is 0.118 e. The van der Waals surface area contributed by atoms with Crippen molar-refractivity contribution in [3.8, 4) is 5.75 Å². The number of aromatic nitrogens is 1. The molecule has 1 heterocycles. The number of phenols is 1. The summed E-state index contributed by atoms with van der Waals surface area (Å²) >= 11 is 0. The van der Waals surface area contributed by atoms with Crippen molar-refractivity contribution in [3.05, 3.63) is 59.3 Å². The number of nitrogens with one attached hydrogen (secondary N) is 2. The van der Waals surface area contributed by atoms with E-state index in [9.17, 15) is 5.11 Å². The van der Waals surface area contributed by atoms with Gasteiger partial charge in [-0.05, 0) is 60.2 Å². The van der Waals surface area contributed by atoms with Gasteiger partial charge < -0.3 is 15.4 Å². The quantitative estimate of drug-likeness (QED) is 0.625. The van der Waals surface area contributed by atoms with E-state index in [1.165, 1.54) is 10.9 Å². The maximum absolute atomic E-state index is 9.67. The third-order valence-electron chi connectivity index (χ3n) is 3.65. The molecule has 0 radical (unpaired) electrons. The number of aromatic amines is 1. The Morgan fingerprint density at radius 2 is 1.90 bits per heavy atom. The van der Waals surface area contributed by atoms with Gasteiger partial charge in [-0.1, -0.05) is 12.1 Å². The number of anilines is 1. The molecule has 0 spiro atoms. The average molecular weight is 266 g/mol. The van der Waals surface area contributed by atoms with E-state index in [4.69, 9.17) is 0 Å². The van der Waals surface area contributed by atoms with Crippen LogP contribution < -0.4 is 5.32 Å². The van der Waals surface area contributed by atoms with Crippen LogP contribution in [0, 0.1) is 13.8 Å². The molecule has 3 heteroatoms. The van der Waals surface area contributed by atoms with Crippen LogP contribution >= 0.6 is 0 Å². The lowest BCUT2D eigenvalue weighted by Gasteiger charge is -2.12. The number of H-pyrrole nitrogens is 1. The van der Waals surface area contributed by atoms with Crippen molar-refractivity contribution in [3.63, 3.8) is 0 Å². The molecule has 0 atom stereocenters. The number of fused-ring (bicyclic) bond motifs is 1. The molecule has 0 fully saturated rings. The van der Waals surface area contributed by atoms with Crippen LogP contribution in [0.5, 0.6) is 5.75 Å². The van der Waals surface area contributed by atoms with Gasteiger partial charge in [0.2, 0.25) is 0 Å². The Balaban J connectivity index is 1.80. The molecular weight excluding hydrogens is 248 g/mol. The Kier molecular flexibility index (Phi) is 3.11. The molecule has 0 saturated heterocycles. The molecule has 0 aliphatic heterocycles. The minimum Gasteiger partial charge on any atom is -0.508 e. The molecule has 0 amide bonds. The molecular formula is C17H18N2O. The third-order valence-corrected chi connectivity index (χ3v) is 3.65. The fourth-order valence-electron chi connectivity index (χ4n) is 2.39. The highest BCUT2D eigenvalue weighted by Gasteiger charge is 2.04.